The summed E-state index contributed by atoms with van der Waals surface area (Å²) in [5.74, 6) is -1.42. The summed E-state index contributed by atoms with van der Waals surface area (Å²) in [6, 6.07) is 17.9. The molecule has 3 aromatic carbocycles. The molecule has 0 radical (unpaired) electrons. The van der Waals surface area contributed by atoms with Crippen molar-refractivity contribution in [2.24, 2.45) is 11.8 Å². The number of aliphatic hydroxyl groups excluding tert-OH is 1. The Hall–Kier alpha value is -3.51. The number of phenols is 1. The number of carbonyl (C=O) groups is 1. The molecule has 1 aliphatic heterocycles. The molecule has 164 valence electrons. The van der Waals surface area contributed by atoms with Gasteiger partial charge in [0.05, 0.1) is 18.6 Å². The second-order valence-electron chi connectivity index (χ2n) is 7.96. The van der Waals surface area contributed by atoms with Gasteiger partial charge in [-0.3, -0.25) is 4.79 Å². The van der Waals surface area contributed by atoms with Crippen LogP contribution in [0.15, 0.2) is 78.9 Å². The molecule has 0 aromatic heterocycles. The first-order valence-corrected chi connectivity index (χ1v) is 10.3. The number of rotatable bonds is 6. The number of benzene rings is 3. The molecule has 3 atom stereocenters. The molecule has 32 heavy (non-hydrogen) atoms. The van der Waals surface area contributed by atoms with Gasteiger partial charge < -0.3 is 15.1 Å². The Morgan fingerprint density at radius 1 is 0.969 bits per heavy atom. The Bertz CT molecular complexity index is 1130. The first-order chi connectivity index (χ1) is 15.4. The molecule has 0 bridgehead atoms. The molecular formula is C26H23F2NO3. The zero-order chi connectivity index (χ0) is 22.8. The topological polar surface area (TPSA) is 60.8 Å². The molecule has 0 aliphatic carbocycles. The maximum Gasteiger partial charge on any atom is 0.233 e. The van der Waals surface area contributed by atoms with E-state index in [1.165, 1.54) is 24.3 Å². The van der Waals surface area contributed by atoms with Crippen LogP contribution in [0.2, 0.25) is 0 Å². The third kappa shape index (κ3) is 4.14. The Labute approximate surface area is 185 Å². The van der Waals surface area contributed by atoms with Crippen LogP contribution >= 0.6 is 0 Å². The highest BCUT2D eigenvalue weighted by molar-refractivity contribution is 6.03. The van der Waals surface area contributed by atoms with Crippen molar-refractivity contribution in [3.05, 3.63) is 102 Å². The van der Waals surface area contributed by atoms with E-state index in [-0.39, 0.29) is 41.9 Å². The number of carbonyl (C=O) groups excluding carboxylic acids is 1. The molecule has 2 N–H and O–H groups in total. The van der Waals surface area contributed by atoms with Crippen molar-refractivity contribution in [1.29, 1.82) is 0 Å². The average Bonchev–Trinajstić information content (AvgIpc) is 2.78. The predicted molar refractivity (Wildman–Crippen MR) is 119 cm³/mol. The third-order valence-electron chi connectivity index (χ3n) is 5.90. The van der Waals surface area contributed by atoms with Gasteiger partial charge in [0, 0.05) is 5.69 Å². The van der Waals surface area contributed by atoms with E-state index < -0.39 is 5.92 Å². The Kier molecular flexibility index (Phi) is 6.06. The third-order valence-corrected chi connectivity index (χ3v) is 5.90. The van der Waals surface area contributed by atoms with E-state index in [1.54, 1.807) is 53.4 Å². The van der Waals surface area contributed by atoms with Gasteiger partial charge in [0.2, 0.25) is 5.91 Å². The molecule has 1 aliphatic rings. The van der Waals surface area contributed by atoms with Gasteiger partial charge in [-0.25, -0.2) is 8.78 Å². The van der Waals surface area contributed by atoms with Crippen LogP contribution in [0.5, 0.6) is 5.75 Å². The zero-order valence-corrected chi connectivity index (χ0v) is 17.5. The lowest BCUT2D eigenvalue weighted by Crippen LogP contribution is -2.57. The minimum absolute atomic E-state index is 0.116. The fraction of sp³-hybridized carbons (Fsp3) is 0.192. The fourth-order valence-electron chi connectivity index (χ4n) is 4.27. The van der Waals surface area contributed by atoms with Gasteiger partial charge in [0.25, 0.3) is 0 Å². The van der Waals surface area contributed by atoms with Crippen molar-refractivity contribution >= 4 is 17.2 Å². The molecule has 3 aromatic rings. The SMILES string of the molecule is C[C@H](/C=C(\CO)c1ccc(F)cc1)[C@H]1C(=O)N(c2ccc(F)cc2)[C@@H]1c1ccc(O)cc1. The highest BCUT2D eigenvalue weighted by Gasteiger charge is 2.50. The lowest BCUT2D eigenvalue weighted by molar-refractivity contribution is -0.131. The van der Waals surface area contributed by atoms with Crippen LogP contribution < -0.4 is 4.90 Å². The zero-order valence-electron chi connectivity index (χ0n) is 17.5. The highest BCUT2D eigenvalue weighted by atomic mass is 19.1. The fourth-order valence-corrected chi connectivity index (χ4v) is 4.27. The molecule has 0 saturated carbocycles. The van der Waals surface area contributed by atoms with E-state index in [1.807, 2.05) is 13.0 Å². The summed E-state index contributed by atoms with van der Waals surface area (Å²) in [5, 5.41) is 19.6. The number of hydrogen-bond donors (Lipinski definition) is 2. The molecular weight excluding hydrogens is 412 g/mol. The monoisotopic (exact) mass is 435 g/mol. The number of anilines is 1. The van der Waals surface area contributed by atoms with Crippen molar-refractivity contribution in [3.8, 4) is 5.75 Å². The van der Waals surface area contributed by atoms with Crippen molar-refractivity contribution in [1.82, 2.24) is 0 Å². The molecule has 4 nitrogen and oxygen atoms in total. The summed E-state index contributed by atoms with van der Waals surface area (Å²) < 4.78 is 26.7. The summed E-state index contributed by atoms with van der Waals surface area (Å²) in [6.07, 6.45) is 1.84. The molecule has 6 heteroatoms. The first kappa shape index (κ1) is 21.7. The number of β-lactam (4-membered cyclic amide) rings is 1. The summed E-state index contributed by atoms with van der Waals surface area (Å²) in [7, 11) is 0. The van der Waals surface area contributed by atoms with Gasteiger partial charge in [0.1, 0.15) is 17.4 Å². The lowest BCUT2D eigenvalue weighted by Gasteiger charge is -2.49. The van der Waals surface area contributed by atoms with Gasteiger partial charge in [-0.05, 0) is 71.1 Å². The van der Waals surface area contributed by atoms with Crippen molar-refractivity contribution in [2.75, 3.05) is 11.5 Å². The van der Waals surface area contributed by atoms with E-state index in [9.17, 15) is 23.8 Å². The van der Waals surface area contributed by atoms with Gasteiger partial charge in [-0.2, -0.15) is 0 Å². The second kappa shape index (κ2) is 8.93. The van der Waals surface area contributed by atoms with Crippen LogP contribution in [0.1, 0.15) is 24.1 Å². The van der Waals surface area contributed by atoms with E-state index in [0.717, 1.165) is 5.56 Å². The number of phenolic OH excluding ortho intramolecular Hbond substituents is 1. The minimum atomic E-state index is -0.424. The molecule has 0 unspecified atom stereocenters. The number of nitrogens with zero attached hydrogens (tertiary/aromatic N) is 1. The van der Waals surface area contributed by atoms with E-state index >= 15 is 0 Å². The Morgan fingerprint density at radius 2 is 1.53 bits per heavy atom. The highest BCUT2D eigenvalue weighted by Crippen LogP contribution is 2.47. The smallest absolute Gasteiger partial charge is 0.233 e. The maximum absolute atomic E-state index is 13.4. The standard InChI is InChI=1S/C26H23F2NO3/c1-16(14-19(15-30)17-2-6-20(27)7-3-17)24-25(18-4-12-23(31)13-5-18)29(26(24)32)22-10-8-21(28)9-11-22/h2-14,16,24-25,30-31H,15H2,1H3/b19-14+/t16-,24-,25-/m1/s1. The van der Waals surface area contributed by atoms with E-state index in [4.69, 9.17) is 0 Å². The van der Waals surface area contributed by atoms with Gasteiger partial charge in [-0.1, -0.05) is 37.3 Å². The Morgan fingerprint density at radius 3 is 2.09 bits per heavy atom. The largest absolute Gasteiger partial charge is 0.508 e. The average molecular weight is 435 g/mol. The van der Waals surface area contributed by atoms with Crippen LogP contribution in [-0.2, 0) is 4.79 Å². The molecule has 1 fully saturated rings. The molecule has 4 rings (SSSR count). The number of allylic oxidation sites excluding steroid dienone is 1. The number of aliphatic hydroxyl groups is 1. The summed E-state index contributed by atoms with van der Waals surface area (Å²) in [6.45, 7) is 1.65. The van der Waals surface area contributed by atoms with Crippen LogP contribution in [0, 0.1) is 23.5 Å². The number of halogens is 2. The molecule has 1 amide bonds. The van der Waals surface area contributed by atoms with Gasteiger partial charge in [0.15, 0.2) is 0 Å². The summed E-state index contributed by atoms with van der Waals surface area (Å²) in [4.78, 5) is 14.9. The Balaban J connectivity index is 1.69. The van der Waals surface area contributed by atoms with Crippen LogP contribution in [-0.4, -0.2) is 22.7 Å². The minimum Gasteiger partial charge on any atom is -0.508 e. The molecule has 1 saturated heterocycles. The van der Waals surface area contributed by atoms with Gasteiger partial charge >= 0.3 is 0 Å². The van der Waals surface area contributed by atoms with Crippen LogP contribution in [0.25, 0.3) is 5.57 Å². The van der Waals surface area contributed by atoms with E-state index in [2.05, 4.69) is 0 Å². The quantitative estimate of drug-likeness (QED) is 0.531. The van der Waals surface area contributed by atoms with Crippen LogP contribution in [0.4, 0.5) is 14.5 Å². The number of hydrogen-bond acceptors (Lipinski definition) is 3. The number of amides is 1. The van der Waals surface area contributed by atoms with Crippen molar-refractivity contribution in [3.63, 3.8) is 0 Å². The van der Waals surface area contributed by atoms with Gasteiger partial charge in [-0.15, -0.1) is 0 Å². The number of aromatic hydroxyl groups is 1. The summed E-state index contributed by atoms with van der Waals surface area (Å²) in [5.41, 5.74) is 2.71. The second-order valence-corrected chi connectivity index (χ2v) is 7.96. The van der Waals surface area contributed by atoms with E-state index in [0.29, 0.717) is 16.8 Å². The molecule has 0 spiro atoms. The normalized spacial score (nSPS) is 19.6. The van der Waals surface area contributed by atoms with Crippen LogP contribution in [0.3, 0.4) is 0 Å². The first-order valence-electron chi connectivity index (χ1n) is 10.3. The van der Waals surface area contributed by atoms with Crippen molar-refractivity contribution < 1.29 is 23.8 Å². The maximum atomic E-state index is 13.4. The molecule has 1 heterocycles. The predicted octanol–water partition coefficient (Wildman–Crippen LogP) is 5.09. The lowest BCUT2D eigenvalue weighted by atomic mass is 9.73. The van der Waals surface area contributed by atoms with Crippen molar-refractivity contribution in [2.45, 2.75) is 13.0 Å². The summed E-state index contributed by atoms with van der Waals surface area (Å²) >= 11 is 0.